The molecule has 3 atom stereocenters. The first-order chi connectivity index (χ1) is 16.8. The zero-order valence-corrected chi connectivity index (χ0v) is 21.0. The van der Waals surface area contributed by atoms with Gasteiger partial charge >= 0.3 is 11.9 Å². The number of hydrogen-bond donors (Lipinski definition) is 1. The van der Waals surface area contributed by atoms with E-state index in [2.05, 4.69) is 5.32 Å². The first-order valence-electron chi connectivity index (χ1n) is 12.6. The van der Waals surface area contributed by atoms with Gasteiger partial charge < -0.3 is 19.5 Å². The van der Waals surface area contributed by atoms with Gasteiger partial charge in [-0.1, -0.05) is 26.0 Å². The third-order valence-corrected chi connectivity index (χ3v) is 7.23. The summed E-state index contributed by atoms with van der Waals surface area (Å²) in [5, 5.41) is 3.31. The van der Waals surface area contributed by atoms with Crippen molar-refractivity contribution in [3.8, 4) is 5.75 Å². The average molecular weight is 482 g/mol. The molecule has 1 aromatic carbocycles. The van der Waals surface area contributed by atoms with Crippen LogP contribution in [0.3, 0.4) is 0 Å². The number of dihydropyridines is 1. The number of ketones is 1. The minimum Gasteiger partial charge on any atom is -0.494 e. The van der Waals surface area contributed by atoms with Gasteiger partial charge in [0.05, 0.1) is 19.3 Å². The Morgan fingerprint density at radius 3 is 2.43 bits per heavy atom. The maximum atomic E-state index is 13.8. The molecule has 1 fully saturated rings. The van der Waals surface area contributed by atoms with Crippen molar-refractivity contribution < 1.29 is 28.6 Å². The highest BCUT2D eigenvalue weighted by Gasteiger charge is 2.47. The molecule has 3 aliphatic rings. The molecule has 0 amide bonds. The molecule has 4 rings (SSSR count). The van der Waals surface area contributed by atoms with Crippen molar-refractivity contribution in [3.63, 3.8) is 0 Å². The molecule has 0 unspecified atom stereocenters. The third-order valence-electron chi connectivity index (χ3n) is 7.23. The SMILES string of the molecule is CCCOc1ccc([C@@H]2C(C(=O)OC3CCCC3)=C(C)NC3=C2C(=O)[C@@H](C(=O)OC)[C@@H](C)C3)cc1. The van der Waals surface area contributed by atoms with Crippen molar-refractivity contribution in [1.29, 1.82) is 0 Å². The number of carbonyl (C=O) groups is 3. The minimum atomic E-state index is -0.902. The zero-order valence-electron chi connectivity index (χ0n) is 21.0. The van der Waals surface area contributed by atoms with Crippen LogP contribution in [-0.4, -0.2) is 37.5 Å². The Balaban J connectivity index is 1.76. The number of hydrogen-bond acceptors (Lipinski definition) is 7. The molecule has 0 radical (unpaired) electrons. The molecular weight excluding hydrogens is 446 g/mol. The molecule has 1 saturated carbocycles. The molecule has 188 valence electrons. The van der Waals surface area contributed by atoms with Crippen LogP contribution in [0.1, 0.15) is 70.8 Å². The predicted molar refractivity (Wildman–Crippen MR) is 130 cm³/mol. The average Bonchev–Trinajstić information content (AvgIpc) is 3.35. The Kier molecular flexibility index (Phi) is 7.63. The quantitative estimate of drug-likeness (QED) is 0.450. The van der Waals surface area contributed by atoms with Gasteiger partial charge in [-0.3, -0.25) is 9.59 Å². The number of ether oxygens (including phenoxy) is 3. The minimum absolute atomic E-state index is 0.103. The number of esters is 2. The van der Waals surface area contributed by atoms with Crippen molar-refractivity contribution in [2.75, 3.05) is 13.7 Å². The Morgan fingerprint density at radius 2 is 1.80 bits per heavy atom. The van der Waals surface area contributed by atoms with E-state index >= 15 is 0 Å². The van der Waals surface area contributed by atoms with Gasteiger partial charge in [-0.05, 0) is 69.1 Å². The van der Waals surface area contributed by atoms with Gasteiger partial charge in [0.15, 0.2) is 5.78 Å². The highest BCUT2D eigenvalue weighted by molar-refractivity contribution is 6.12. The van der Waals surface area contributed by atoms with E-state index in [1.54, 1.807) is 0 Å². The van der Waals surface area contributed by atoms with Crippen LogP contribution in [0.5, 0.6) is 5.75 Å². The largest absolute Gasteiger partial charge is 0.494 e. The number of allylic oxidation sites excluding steroid dienone is 3. The van der Waals surface area contributed by atoms with Crippen molar-refractivity contribution in [2.24, 2.45) is 11.8 Å². The maximum absolute atomic E-state index is 13.8. The first-order valence-corrected chi connectivity index (χ1v) is 12.6. The maximum Gasteiger partial charge on any atom is 0.337 e. The second kappa shape index (κ2) is 10.7. The van der Waals surface area contributed by atoms with Gasteiger partial charge in [-0.25, -0.2) is 4.79 Å². The van der Waals surface area contributed by atoms with Crippen LogP contribution in [0.4, 0.5) is 0 Å². The van der Waals surface area contributed by atoms with Gasteiger partial charge in [0.1, 0.15) is 17.8 Å². The van der Waals surface area contributed by atoms with Crippen molar-refractivity contribution in [2.45, 2.75) is 71.3 Å². The summed E-state index contributed by atoms with van der Waals surface area (Å²) in [6, 6.07) is 7.49. The van der Waals surface area contributed by atoms with Crippen molar-refractivity contribution >= 4 is 17.7 Å². The highest BCUT2D eigenvalue weighted by atomic mass is 16.5. The fourth-order valence-corrected chi connectivity index (χ4v) is 5.48. The van der Waals surface area contributed by atoms with Crippen LogP contribution in [0.25, 0.3) is 0 Å². The van der Waals surface area contributed by atoms with E-state index in [0.717, 1.165) is 49.1 Å². The zero-order chi connectivity index (χ0) is 25.1. The molecule has 0 bridgehead atoms. The molecule has 1 heterocycles. The smallest absolute Gasteiger partial charge is 0.337 e. The summed E-state index contributed by atoms with van der Waals surface area (Å²) >= 11 is 0. The molecule has 35 heavy (non-hydrogen) atoms. The van der Waals surface area contributed by atoms with E-state index in [-0.39, 0.29) is 17.8 Å². The Morgan fingerprint density at radius 1 is 1.11 bits per heavy atom. The topological polar surface area (TPSA) is 90.9 Å². The molecule has 7 heteroatoms. The molecule has 1 N–H and O–H groups in total. The van der Waals surface area contributed by atoms with Crippen molar-refractivity contribution in [1.82, 2.24) is 5.32 Å². The normalized spacial score (nSPS) is 24.7. The second-order valence-electron chi connectivity index (χ2n) is 9.76. The molecule has 0 saturated heterocycles. The van der Waals surface area contributed by atoms with Crippen molar-refractivity contribution in [3.05, 3.63) is 52.4 Å². The number of Topliss-reactive ketones (excluding diaryl/α,β-unsaturated/α-hetero) is 1. The number of carbonyl (C=O) groups excluding carboxylic acids is 3. The second-order valence-corrected chi connectivity index (χ2v) is 9.76. The monoisotopic (exact) mass is 481 g/mol. The van der Waals surface area contributed by atoms with Crippen LogP contribution >= 0.6 is 0 Å². The molecule has 0 spiro atoms. The lowest BCUT2D eigenvalue weighted by Gasteiger charge is -2.38. The Bertz CT molecular complexity index is 1050. The summed E-state index contributed by atoms with van der Waals surface area (Å²) in [7, 11) is 1.30. The van der Waals surface area contributed by atoms with E-state index in [1.807, 2.05) is 45.0 Å². The summed E-state index contributed by atoms with van der Waals surface area (Å²) in [5.41, 5.74) is 3.09. The van der Waals surface area contributed by atoms with E-state index in [0.29, 0.717) is 29.9 Å². The lowest BCUT2D eigenvalue weighted by Crippen LogP contribution is -2.43. The standard InChI is InChI=1S/C28H35NO6/c1-5-14-34-19-12-10-18(11-13-19)24-23(28(32)35-20-8-6-7-9-20)17(3)29-21-15-16(2)22(27(31)33-4)26(30)25(21)24/h10-13,16,20,22,24,29H,5-9,14-15H2,1-4H3/t16-,22-,24+/m0/s1. The van der Waals surface area contributed by atoms with E-state index < -0.39 is 23.8 Å². The van der Waals surface area contributed by atoms with E-state index in [4.69, 9.17) is 14.2 Å². The van der Waals surface area contributed by atoms with Crippen LogP contribution in [0.2, 0.25) is 0 Å². The van der Waals surface area contributed by atoms with Crippen LogP contribution in [0, 0.1) is 11.8 Å². The van der Waals surface area contributed by atoms with Gasteiger partial charge in [-0.2, -0.15) is 0 Å². The summed E-state index contributed by atoms with van der Waals surface area (Å²) in [6.45, 7) is 6.38. The molecule has 1 aliphatic heterocycles. The number of nitrogens with one attached hydrogen (secondary N) is 1. The Hall–Kier alpha value is -3.09. The Labute approximate surface area is 206 Å². The number of methoxy groups -OCH3 is 1. The predicted octanol–water partition coefficient (Wildman–Crippen LogP) is 4.57. The fourth-order valence-electron chi connectivity index (χ4n) is 5.48. The summed E-state index contributed by atoms with van der Waals surface area (Å²) in [4.78, 5) is 39.8. The summed E-state index contributed by atoms with van der Waals surface area (Å²) in [5.74, 6) is -2.28. The highest BCUT2D eigenvalue weighted by Crippen LogP contribution is 2.46. The number of benzene rings is 1. The third kappa shape index (κ3) is 5.00. The van der Waals surface area contributed by atoms with Crippen LogP contribution in [0.15, 0.2) is 46.8 Å². The van der Waals surface area contributed by atoms with E-state index in [1.165, 1.54) is 7.11 Å². The summed E-state index contributed by atoms with van der Waals surface area (Å²) in [6.07, 6.45) is 5.11. The van der Waals surface area contributed by atoms with Gasteiger partial charge in [0.25, 0.3) is 0 Å². The van der Waals surface area contributed by atoms with Gasteiger partial charge in [0.2, 0.25) is 0 Å². The molecular formula is C28H35NO6. The first kappa shape index (κ1) is 25.0. The fraction of sp³-hybridized carbons (Fsp3) is 0.536. The molecule has 7 nitrogen and oxygen atoms in total. The number of rotatable bonds is 7. The lowest BCUT2D eigenvalue weighted by molar-refractivity contribution is -0.151. The van der Waals surface area contributed by atoms with Crippen LogP contribution < -0.4 is 10.1 Å². The van der Waals surface area contributed by atoms with Gasteiger partial charge in [0, 0.05) is 22.9 Å². The summed E-state index contributed by atoms with van der Waals surface area (Å²) < 4.78 is 16.6. The van der Waals surface area contributed by atoms with Crippen LogP contribution in [-0.2, 0) is 23.9 Å². The van der Waals surface area contributed by atoms with Gasteiger partial charge in [-0.15, -0.1) is 0 Å². The molecule has 0 aromatic heterocycles. The lowest BCUT2D eigenvalue weighted by atomic mass is 9.69. The molecule has 2 aliphatic carbocycles. The van der Waals surface area contributed by atoms with E-state index in [9.17, 15) is 14.4 Å². The molecule has 1 aromatic rings.